The Morgan fingerprint density at radius 1 is 1.40 bits per heavy atom. The fourth-order valence-electron chi connectivity index (χ4n) is 0. The molecule has 1 radical (unpaired) electrons. The number of hydrogen-bond acceptors (Lipinski definition) is 0. The molecule has 0 spiro atoms. The predicted octanol–water partition coefficient (Wildman–Crippen LogP) is -1.03. The highest BCUT2D eigenvalue weighted by Crippen LogP contribution is 1.43. The van der Waals surface area contributed by atoms with Crippen molar-refractivity contribution >= 4 is 15.7 Å². The van der Waals surface area contributed by atoms with Gasteiger partial charge in [0.2, 0.25) is 0 Å². The summed E-state index contributed by atoms with van der Waals surface area (Å²) >= 11 is -0.750. The van der Waals surface area contributed by atoms with Crippen LogP contribution in [-0.4, -0.2) is 26.6 Å². The topological polar surface area (TPSA) is 63.0 Å². The fraction of sp³-hybridized carbons (Fsp3) is 1.00. The van der Waals surface area contributed by atoms with Crippen molar-refractivity contribution in [3.05, 3.63) is 0 Å². The normalized spacial score (nSPS) is 2.80. The van der Waals surface area contributed by atoms with Crippen LogP contribution in [0, 0.1) is 0 Å². The summed E-state index contributed by atoms with van der Waals surface area (Å²) in [5.74, 6) is 1.54. The van der Waals surface area contributed by atoms with E-state index in [1.807, 2.05) is 0 Å². The van der Waals surface area contributed by atoms with E-state index in [4.69, 9.17) is 0 Å². The maximum Gasteiger partial charge on any atom is 0.487 e. The van der Waals surface area contributed by atoms with E-state index >= 15 is 0 Å². The van der Waals surface area contributed by atoms with E-state index in [9.17, 15) is 3.52 Å². The summed E-state index contributed by atoms with van der Waals surface area (Å²) in [6.45, 7) is 0. The van der Waals surface area contributed by atoms with E-state index in [1.54, 1.807) is 5.79 Å². The summed E-state index contributed by atoms with van der Waals surface area (Å²) < 4.78 is 10.4. The van der Waals surface area contributed by atoms with Gasteiger partial charge in [-0.15, -0.1) is 0 Å². The van der Waals surface area contributed by atoms with Crippen LogP contribution in [0.5, 0.6) is 0 Å². The van der Waals surface area contributed by atoms with E-state index in [0.29, 0.717) is 0 Å². The van der Waals surface area contributed by atoms with E-state index in [0.717, 1.165) is 0 Å². The molecular weight excluding hydrogens is 90.0 g/mol. The molecule has 0 aliphatic carbocycles. The molecular formula is CH7AlFO2. The molecule has 0 atom stereocenters. The van der Waals surface area contributed by atoms with E-state index < -0.39 is 15.7 Å². The predicted molar refractivity (Wildman–Crippen MR) is 20.0 cm³/mol. The Balaban J connectivity index is -0.0000000200. The molecule has 0 fully saturated rings. The van der Waals surface area contributed by atoms with Crippen LogP contribution >= 0.6 is 0 Å². The highest BCUT2D eigenvalue weighted by molar-refractivity contribution is 6.23. The monoisotopic (exact) mass is 97.0 g/mol. The lowest BCUT2D eigenvalue weighted by Crippen LogP contribution is -1.49. The molecule has 0 aromatic carbocycles. The molecule has 0 aliphatic heterocycles. The van der Waals surface area contributed by atoms with Gasteiger partial charge in [0.05, 0.1) is 0 Å². The van der Waals surface area contributed by atoms with Crippen LogP contribution in [0.25, 0.3) is 0 Å². The van der Waals surface area contributed by atoms with Gasteiger partial charge < -0.3 is 14.5 Å². The summed E-state index contributed by atoms with van der Waals surface area (Å²) in [4.78, 5) is 0. The molecule has 0 amide bonds. The second-order valence-corrected chi connectivity index (χ2v) is 0.655. The Morgan fingerprint density at radius 2 is 1.40 bits per heavy atom. The van der Waals surface area contributed by atoms with Crippen LogP contribution in [-0.2, 0) is 0 Å². The first kappa shape index (κ1) is 18.2. The smallest absolute Gasteiger partial charge is 0.432 e. The zero-order chi connectivity index (χ0) is 2.71. The van der Waals surface area contributed by atoms with Crippen LogP contribution < -0.4 is 0 Å². The van der Waals surface area contributed by atoms with Gasteiger partial charge in [0, 0.05) is 0 Å². The van der Waals surface area contributed by atoms with Gasteiger partial charge in [0.15, 0.2) is 0 Å². The lowest BCUT2D eigenvalue weighted by atomic mass is 11.9. The van der Waals surface area contributed by atoms with Crippen LogP contribution in [0.2, 0.25) is 5.79 Å². The number of hydrogen-bond donors (Lipinski definition) is 0. The van der Waals surface area contributed by atoms with Gasteiger partial charge in [-0.2, -0.15) is 0 Å². The summed E-state index contributed by atoms with van der Waals surface area (Å²) in [7, 11) is 0. The van der Waals surface area contributed by atoms with Crippen molar-refractivity contribution in [2.24, 2.45) is 0 Å². The molecule has 0 bridgehead atoms. The van der Waals surface area contributed by atoms with Crippen molar-refractivity contribution < 1.29 is 14.5 Å². The maximum absolute atomic E-state index is 10.4. The minimum absolute atomic E-state index is 0. The number of halogens is 1. The first-order valence-electron chi connectivity index (χ1n) is 0.796. The highest BCUT2D eigenvalue weighted by Gasteiger charge is 1.58. The SMILES string of the molecule is O.O.[CH3][Al][F]. The first-order chi connectivity index (χ1) is 1.41. The van der Waals surface area contributed by atoms with E-state index in [-0.39, 0.29) is 11.0 Å². The molecule has 0 aliphatic rings. The molecule has 0 aromatic heterocycles. The molecule has 0 saturated heterocycles. The van der Waals surface area contributed by atoms with Gasteiger partial charge in [0.25, 0.3) is 0 Å². The van der Waals surface area contributed by atoms with Crippen molar-refractivity contribution in [1.29, 1.82) is 0 Å². The van der Waals surface area contributed by atoms with Crippen molar-refractivity contribution in [2.45, 2.75) is 5.79 Å². The Labute approximate surface area is 36.8 Å². The molecule has 2 nitrogen and oxygen atoms in total. The first-order valence-corrected chi connectivity index (χ1v) is 2.39. The lowest BCUT2D eigenvalue weighted by molar-refractivity contribution is 0.823. The Hall–Kier alpha value is 0.382. The fourth-order valence-corrected chi connectivity index (χ4v) is 0. The van der Waals surface area contributed by atoms with Gasteiger partial charge in [-0.3, -0.25) is 0 Å². The van der Waals surface area contributed by atoms with Crippen molar-refractivity contribution in [2.75, 3.05) is 0 Å². The summed E-state index contributed by atoms with van der Waals surface area (Å²) in [5, 5.41) is 0. The standard InChI is InChI=1S/CH3.Al.FH.2H2O/h1H3;;1H;2*1H2/q;+1;;;/p-1. The number of rotatable bonds is 0. The maximum atomic E-state index is 10.4. The summed E-state index contributed by atoms with van der Waals surface area (Å²) in [6.07, 6.45) is 0. The van der Waals surface area contributed by atoms with Crippen LogP contribution in [0.3, 0.4) is 0 Å². The molecule has 0 unspecified atom stereocenters. The Morgan fingerprint density at radius 3 is 1.40 bits per heavy atom. The molecule has 0 aromatic rings. The summed E-state index contributed by atoms with van der Waals surface area (Å²) in [6, 6.07) is 0. The van der Waals surface area contributed by atoms with Gasteiger partial charge in [-0.25, -0.2) is 0 Å². The minimum atomic E-state index is -0.750. The lowest BCUT2D eigenvalue weighted by Gasteiger charge is -1.36. The Kier molecular flexibility index (Phi) is 95.6. The van der Waals surface area contributed by atoms with Crippen LogP contribution in [0.1, 0.15) is 0 Å². The van der Waals surface area contributed by atoms with Crippen LogP contribution in [0.15, 0.2) is 0 Å². The average Bonchev–Trinajstić information content (AvgIpc) is 0.918. The largest absolute Gasteiger partial charge is 0.487 e. The van der Waals surface area contributed by atoms with Crippen LogP contribution in [0.4, 0.5) is 3.52 Å². The molecule has 33 valence electrons. The Bertz CT molecular complexity index is 9.61. The molecule has 4 N–H and O–H groups in total. The zero-order valence-corrected chi connectivity index (χ0v) is 4.11. The van der Waals surface area contributed by atoms with Crippen molar-refractivity contribution in [1.82, 2.24) is 0 Å². The quantitative estimate of drug-likeness (QED) is 0.347. The minimum Gasteiger partial charge on any atom is -0.432 e. The molecule has 0 heterocycles. The second kappa shape index (κ2) is 26.2. The van der Waals surface area contributed by atoms with Crippen molar-refractivity contribution in [3.8, 4) is 0 Å². The average molecular weight is 97.0 g/mol. The second-order valence-electron chi connectivity index (χ2n) is 0.218. The molecule has 4 heteroatoms. The highest BCUT2D eigenvalue weighted by atomic mass is 27.2. The third-order valence-corrected chi connectivity index (χ3v) is 0. The van der Waals surface area contributed by atoms with Crippen molar-refractivity contribution in [3.63, 3.8) is 0 Å². The zero-order valence-electron chi connectivity index (χ0n) is 2.96. The molecule has 0 saturated carbocycles. The van der Waals surface area contributed by atoms with Gasteiger partial charge >= 0.3 is 15.7 Å². The van der Waals surface area contributed by atoms with E-state index in [1.165, 1.54) is 0 Å². The molecule has 0 rings (SSSR count). The van der Waals surface area contributed by atoms with Gasteiger partial charge in [-0.1, -0.05) is 5.79 Å². The van der Waals surface area contributed by atoms with E-state index in [2.05, 4.69) is 0 Å². The summed E-state index contributed by atoms with van der Waals surface area (Å²) in [5.41, 5.74) is 0. The van der Waals surface area contributed by atoms with Gasteiger partial charge in [-0.05, 0) is 0 Å². The molecule has 5 heavy (non-hydrogen) atoms. The van der Waals surface area contributed by atoms with Gasteiger partial charge in [0.1, 0.15) is 0 Å². The third kappa shape index (κ3) is 170. The third-order valence-electron chi connectivity index (χ3n) is 0.